The van der Waals surface area contributed by atoms with Gasteiger partial charge in [-0.15, -0.1) is 0 Å². The standard InChI is InChI=1S/C14H22ClNO3S/c1-14(2,3)13(17)7-8-16-20(18,19)10-11-5-4-6-12(15)9-11/h4-6,9,13,16-17H,7-8,10H2,1-3H3. The van der Waals surface area contributed by atoms with Crippen LogP contribution in [0.3, 0.4) is 0 Å². The number of aliphatic hydroxyl groups is 1. The SMILES string of the molecule is CC(C)(C)C(O)CCNS(=O)(=O)Cc1cccc(Cl)c1. The monoisotopic (exact) mass is 319 g/mol. The zero-order valence-corrected chi connectivity index (χ0v) is 13.6. The number of rotatable bonds is 6. The van der Waals surface area contributed by atoms with Gasteiger partial charge in [-0.25, -0.2) is 13.1 Å². The summed E-state index contributed by atoms with van der Waals surface area (Å²) in [6, 6.07) is 6.77. The Labute approximate surface area is 126 Å². The second-order valence-corrected chi connectivity index (χ2v) is 8.20. The summed E-state index contributed by atoms with van der Waals surface area (Å²) in [6.07, 6.45) is -0.158. The molecular weight excluding hydrogens is 298 g/mol. The number of hydrogen-bond acceptors (Lipinski definition) is 3. The highest BCUT2D eigenvalue weighted by molar-refractivity contribution is 7.88. The van der Waals surface area contributed by atoms with Crippen molar-refractivity contribution in [2.24, 2.45) is 5.41 Å². The molecule has 0 aliphatic carbocycles. The number of halogens is 1. The van der Waals surface area contributed by atoms with Crippen LogP contribution in [0.4, 0.5) is 0 Å². The van der Waals surface area contributed by atoms with Crippen LogP contribution in [0.15, 0.2) is 24.3 Å². The summed E-state index contributed by atoms with van der Waals surface area (Å²) < 4.78 is 26.3. The first-order valence-corrected chi connectivity index (χ1v) is 8.53. The van der Waals surface area contributed by atoms with Gasteiger partial charge in [0.15, 0.2) is 0 Å². The Hall–Kier alpha value is -0.620. The highest BCUT2D eigenvalue weighted by atomic mass is 35.5. The van der Waals surface area contributed by atoms with Crippen LogP contribution in [-0.2, 0) is 15.8 Å². The Morgan fingerprint density at radius 1 is 1.35 bits per heavy atom. The van der Waals surface area contributed by atoms with E-state index in [1.807, 2.05) is 20.8 Å². The molecule has 20 heavy (non-hydrogen) atoms. The lowest BCUT2D eigenvalue weighted by atomic mass is 9.87. The van der Waals surface area contributed by atoms with E-state index in [2.05, 4.69) is 4.72 Å². The second kappa shape index (κ2) is 6.89. The van der Waals surface area contributed by atoms with E-state index < -0.39 is 16.1 Å². The molecule has 0 fully saturated rings. The van der Waals surface area contributed by atoms with Crippen LogP contribution in [0.25, 0.3) is 0 Å². The van der Waals surface area contributed by atoms with Crippen LogP contribution < -0.4 is 4.72 Å². The second-order valence-electron chi connectivity index (χ2n) is 5.95. The molecule has 0 aliphatic heterocycles. The van der Waals surface area contributed by atoms with E-state index in [0.29, 0.717) is 17.0 Å². The van der Waals surface area contributed by atoms with Gasteiger partial charge in [0.1, 0.15) is 0 Å². The maximum atomic E-state index is 11.9. The topological polar surface area (TPSA) is 66.4 Å². The summed E-state index contributed by atoms with van der Waals surface area (Å²) in [5, 5.41) is 10.4. The molecule has 114 valence electrons. The molecule has 0 heterocycles. The Bertz CT molecular complexity index is 538. The van der Waals surface area contributed by atoms with E-state index in [4.69, 9.17) is 11.6 Å². The molecule has 0 amide bonds. The summed E-state index contributed by atoms with van der Waals surface area (Å²) in [7, 11) is -3.41. The van der Waals surface area contributed by atoms with Gasteiger partial charge in [-0.05, 0) is 29.5 Å². The number of aliphatic hydroxyl groups excluding tert-OH is 1. The third-order valence-corrected chi connectivity index (χ3v) is 4.58. The summed E-state index contributed by atoms with van der Waals surface area (Å²) in [5.74, 6) is -0.112. The van der Waals surface area contributed by atoms with E-state index in [0.717, 1.165) is 0 Å². The molecule has 0 aliphatic rings. The zero-order valence-electron chi connectivity index (χ0n) is 12.1. The number of nitrogens with one attached hydrogen (secondary N) is 1. The predicted octanol–water partition coefficient (Wildman–Crippen LogP) is 2.56. The molecule has 1 aromatic carbocycles. The molecule has 0 aromatic heterocycles. The molecule has 2 N–H and O–H groups in total. The minimum absolute atomic E-state index is 0.112. The largest absolute Gasteiger partial charge is 0.393 e. The smallest absolute Gasteiger partial charge is 0.215 e. The number of hydrogen-bond donors (Lipinski definition) is 2. The third kappa shape index (κ3) is 6.22. The van der Waals surface area contributed by atoms with Crippen LogP contribution in [0.1, 0.15) is 32.8 Å². The maximum absolute atomic E-state index is 11.9. The third-order valence-electron chi connectivity index (χ3n) is 2.99. The van der Waals surface area contributed by atoms with Gasteiger partial charge in [0, 0.05) is 11.6 Å². The van der Waals surface area contributed by atoms with E-state index in [9.17, 15) is 13.5 Å². The van der Waals surface area contributed by atoms with Crippen LogP contribution in [0, 0.1) is 5.41 Å². The van der Waals surface area contributed by atoms with Crippen LogP contribution in [0.2, 0.25) is 5.02 Å². The fourth-order valence-electron chi connectivity index (χ4n) is 1.68. The molecule has 1 unspecified atom stereocenters. The molecule has 6 heteroatoms. The molecule has 0 radical (unpaired) electrons. The Balaban J connectivity index is 2.51. The zero-order chi connectivity index (χ0) is 15.4. The average Bonchev–Trinajstić information content (AvgIpc) is 2.26. The van der Waals surface area contributed by atoms with Gasteiger partial charge in [0.25, 0.3) is 0 Å². The molecule has 0 saturated heterocycles. The quantitative estimate of drug-likeness (QED) is 0.847. The van der Waals surface area contributed by atoms with Crippen LogP contribution in [-0.4, -0.2) is 26.2 Å². The molecule has 0 bridgehead atoms. The first-order chi connectivity index (χ1) is 9.10. The van der Waals surface area contributed by atoms with Gasteiger partial charge in [-0.2, -0.15) is 0 Å². The molecule has 4 nitrogen and oxygen atoms in total. The summed E-state index contributed by atoms with van der Waals surface area (Å²) in [4.78, 5) is 0. The summed E-state index contributed by atoms with van der Waals surface area (Å²) in [5.41, 5.74) is 0.389. The van der Waals surface area contributed by atoms with Gasteiger partial charge in [-0.3, -0.25) is 0 Å². The van der Waals surface area contributed by atoms with Crippen LogP contribution in [0.5, 0.6) is 0 Å². The highest BCUT2D eigenvalue weighted by Crippen LogP contribution is 2.21. The maximum Gasteiger partial charge on any atom is 0.215 e. The molecule has 1 atom stereocenters. The minimum Gasteiger partial charge on any atom is -0.393 e. The minimum atomic E-state index is -3.41. The van der Waals surface area contributed by atoms with E-state index in [1.54, 1.807) is 24.3 Å². The van der Waals surface area contributed by atoms with E-state index in [-0.39, 0.29) is 17.7 Å². The van der Waals surface area contributed by atoms with Gasteiger partial charge in [0.05, 0.1) is 11.9 Å². The lowest BCUT2D eigenvalue weighted by molar-refractivity contribution is 0.0571. The highest BCUT2D eigenvalue weighted by Gasteiger charge is 2.22. The Morgan fingerprint density at radius 3 is 2.55 bits per heavy atom. The molecule has 1 aromatic rings. The van der Waals surface area contributed by atoms with Crippen molar-refractivity contribution in [2.75, 3.05) is 6.54 Å². The average molecular weight is 320 g/mol. The fourth-order valence-corrected chi connectivity index (χ4v) is 3.04. The predicted molar refractivity (Wildman–Crippen MR) is 82.2 cm³/mol. The van der Waals surface area contributed by atoms with Gasteiger partial charge < -0.3 is 5.11 Å². The summed E-state index contributed by atoms with van der Waals surface area (Å²) in [6.45, 7) is 5.97. The van der Waals surface area contributed by atoms with Crippen molar-refractivity contribution < 1.29 is 13.5 Å². The fraction of sp³-hybridized carbons (Fsp3) is 0.571. The van der Waals surface area contributed by atoms with E-state index in [1.165, 1.54) is 0 Å². The number of sulfonamides is 1. The lowest BCUT2D eigenvalue weighted by Gasteiger charge is -2.25. The van der Waals surface area contributed by atoms with Crippen molar-refractivity contribution in [3.63, 3.8) is 0 Å². The normalized spacial score (nSPS) is 14.2. The first kappa shape index (κ1) is 17.4. The Morgan fingerprint density at radius 2 is 2.00 bits per heavy atom. The van der Waals surface area contributed by atoms with Crippen molar-refractivity contribution in [1.29, 1.82) is 0 Å². The lowest BCUT2D eigenvalue weighted by Crippen LogP contribution is -2.33. The van der Waals surface area contributed by atoms with Crippen molar-refractivity contribution in [2.45, 2.75) is 39.0 Å². The summed E-state index contributed by atoms with van der Waals surface area (Å²) >= 11 is 5.82. The number of benzene rings is 1. The molecule has 0 saturated carbocycles. The van der Waals surface area contributed by atoms with Gasteiger partial charge >= 0.3 is 0 Å². The van der Waals surface area contributed by atoms with Crippen molar-refractivity contribution in [3.05, 3.63) is 34.9 Å². The Kier molecular flexibility index (Phi) is 6.01. The van der Waals surface area contributed by atoms with Crippen molar-refractivity contribution >= 4 is 21.6 Å². The van der Waals surface area contributed by atoms with Gasteiger partial charge in [-0.1, -0.05) is 44.5 Å². The van der Waals surface area contributed by atoms with E-state index >= 15 is 0 Å². The van der Waals surface area contributed by atoms with Crippen molar-refractivity contribution in [3.8, 4) is 0 Å². The molecular formula is C14H22ClNO3S. The van der Waals surface area contributed by atoms with Crippen molar-refractivity contribution in [1.82, 2.24) is 4.72 Å². The van der Waals surface area contributed by atoms with Crippen LogP contribution >= 0.6 is 11.6 Å². The first-order valence-electron chi connectivity index (χ1n) is 6.50. The van der Waals surface area contributed by atoms with Gasteiger partial charge in [0.2, 0.25) is 10.0 Å². The molecule has 0 spiro atoms. The molecule has 1 rings (SSSR count).